The van der Waals surface area contributed by atoms with Gasteiger partial charge in [0.05, 0.1) is 23.1 Å². The molecule has 1 aliphatic rings. The van der Waals surface area contributed by atoms with E-state index in [-0.39, 0.29) is 10.5 Å². The molecular formula is C16H12FN3O2S. The monoisotopic (exact) mass is 329 g/mol. The standard InChI is InChI=1S/C16H12FN3O2S/c1-23(21,22)16-3-2-15(13-8-19-9-14(13)16)20-12-5-10(7-18)4-11(17)6-12/h2-6,8,20H,9H2,1H3. The van der Waals surface area contributed by atoms with Gasteiger partial charge >= 0.3 is 0 Å². The first kappa shape index (κ1) is 15.2. The maximum atomic E-state index is 13.5. The van der Waals surface area contributed by atoms with Crippen molar-refractivity contribution in [1.29, 1.82) is 5.26 Å². The number of sulfone groups is 1. The molecule has 2 aromatic rings. The third-order valence-corrected chi connectivity index (χ3v) is 4.67. The van der Waals surface area contributed by atoms with Crippen molar-refractivity contribution < 1.29 is 12.8 Å². The SMILES string of the molecule is CS(=O)(=O)c1ccc(Nc2cc(F)cc(C#N)c2)c2c1CN=C2. The largest absolute Gasteiger partial charge is 0.355 e. The quantitative estimate of drug-likeness (QED) is 0.938. The Bertz CT molecular complexity index is 976. The van der Waals surface area contributed by atoms with E-state index >= 15 is 0 Å². The van der Waals surface area contributed by atoms with Gasteiger partial charge in [-0.25, -0.2) is 12.8 Å². The third kappa shape index (κ3) is 2.94. The molecule has 0 unspecified atom stereocenters. The van der Waals surface area contributed by atoms with Gasteiger partial charge in [-0.15, -0.1) is 0 Å². The molecule has 0 fully saturated rings. The van der Waals surface area contributed by atoms with Gasteiger partial charge in [0.1, 0.15) is 5.82 Å². The van der Waals surface area contributed by atoms with E-state index in [2.05, 4.69) is 10.3 Å². The van der Waals surface area contributed by atoms with Gasteiger partial charge in [-0.3, -0.25) is 4.99 Å². The van der Waals surface area contributed by atoms with Gasteiger partial charge in [-0.2, -0.15) is 5.26 Å². The van der Waals surface area contributed by atoms with Crippen LogP contribution < -0.4 is 5.32 Å². The van der Waals surface area contributed by atoms with Crippen LogP contribution in [0, 0.1) is 17.1 Å². The number of rotatable bonds is 3. The highest BCUT2D eigenvalue weighted by Crippen LogP contribution is 2.31. The summed E-state index contributed by atoms with van der Waals surface area (Å²) in [5, 5.41) is 11.9. The first-order chi connectivity index (χ1) is 10.9. The van der Waals surface area contributed by atoms with Crippen molar-refractivity contribution in [2.75, 3.05) is 11.6 Å². The first-order valence-corrected chi connectivity index (χ1v) is 8.61. The van der Waals surface area contributed by atoms with E-state index in [1.165, 1.54) is 18.2 Å². The highest BCUT2D eigenvalue weighted by Gasteiger charge is 2.21. The Morgan fingerprint density at radius 2 is 2.09 bits per heavy atom. The van der Waals surface area contributed by atoms with E-state index in [1.807, 2.05) is 6.07 Å². The molecule has 23 heavy (non-hydrogen) atoms. The molecule has 0 saturated heterocycles. The van der Waals surface area contributed by atoms with Gasteiger partial charge in [-0.05, 0) is 30.3 Å². The lowest BCUT2D eigenvalue weighted by Crippen LogP contribution is -2.05. The van der Waals surface area contributed by atoms with Gasteiger partial charge in [0.25, 0.3) is 0 Å². The number of benzene rings is 2. The van der Waals surface area contributed by atoms with Crippen molar-refractivity contribution >= 4 is 27.4 Å². The van der Waals surface area contributed by atoms with E-state index in [9.17, 15) is 12.8 Å². The highest BCUT2D eigenvalue weighted by atomic mass is 32.2. The number of hydrogen-bond donors (Lipinski definition) is 1. The van der Waals surface area contributed by atoms with Gasteiger partial charge in [0.2, 0.25) is 0 Å². The summed E-state index contributed by atoms with van der Waals surface area (Å²) in [4.78, 5) is 4.37. The summed E-state index contributed by atoms with van der Waals surface area (Å²) in [6.07, 6.45) is 2.75. The fraction of sp³-hybridized carbons (Fsp3) is 0.125. The molecule has 0 spiro atoms. The van der Waals surface area contributed by atoms with Crippen molar-refractivity contribution in [1.82, 2.24) is 0 Å². The van der Waals surface area contributed by atoms with Crippen LogP contribution in [0.5, 0.6) is 0 Å². The van der Waals surface area contributed by atoms with E-state index in [0.717, 1.165) is 12.3 Å². The van der Waals surface area contributed by atoms with Crippen molar-refractivity contribution in [3.05, 3.63) is 52.8 Å². The Hall–Kier alpha value is -2.72. The highest BCUT2D eigenvalue weighted by molar-refractivity contribution is 7.90. The molecule has 0 amide bonds. The second-order valence-corrected chi connectivity index (χ2v) is 7.19. The maximum Gasteiger partial charge on any atom is 0.175 e. The lowest BCUT2D eigenvalue weighted by Gasteiger charge is -2.13. The molecule has 0 saturated carbocycles. The van der Waals surface area contributed by atoms with Crippen LogP contribution in [0.3, 0.4) is 0 Å². The van der Waals surface area contributed by atoms with E-state index < -0.39 is 15.7 Å². The Morgan fingerprint density at radius 1 is 1.30 bits per heavy atom. The smallest absolute Gasteiger partial charge is 0.175 e. The summed E-state index contributed by atoms with van der Waals surface area (Å²) in [5.41, 5.74) is 2.51. The van der Waals surface area contributed by atoms with Crippen molar-refractivity contribution in [3.63, 3.8) is 0 Å². The minimum Gasteiger partial charge on any atom is -0.355 e. The first-order valence-electron chi connectivity index (χ1n) is 6.72. The average Bonchev–Trinajstić information content (AvgIpc) is 2.95. The van der Waals surface area contributed by atoms with Crippen molar-refractivity contribution in [2.45, 2.75) is 11.4 Å². The zero-order valence-electron chi connectivity index (χ0n) is 12.2. The molecule has 1 heterocycles. The Balaban J connectivity index is 2.06. The molecule has 0 bridgehead atoms. The summed E-state index contributed by atoms with van der Waals surface area (Å²) >= 11 is 0. The molecule has 1 N–H and O–H groups in total. The topological polar surface area (TPSA) is 82.3 Å². The van der Waals surface area contributed by atoms with Crippen LogP contribution in [0.4, 0.5) is 15.8 Å². The number of anilines is 2. The maximum absolute atomic E-state index is 13.5. The summed E-state index contributed by atoms with van der Waals surface area (Å²) < 4.78 is 37.2. The molecule has 3 rings (SSSR count). The fourth-order valence-electron chi connectivity index (χ4n) is 2.52. The predicted octanol–water partition coefficient (Wildman–Crippen LogP) is 2.78. The minimum absolute atomic E-state index is 0.200. The van der Waals surface area contributed by atoms with Crippen LogP contribution in [0.2, 0.25) is 0 Å². The third-order valence-electron chi connectivity index (χ3n) is 3.49. The van der Waals surface area contributed by atoms with Crippen LogP contribution >= 0.6 is 0 Å². The molecule has 5 nitrogen and oxygen atoms in total. The van der Waals surface area contributed by atoms with Gasteiger partial charge < -0.3 is 5.32 Å². The molecule has 7 heteroatoms. The molecule has 1 aliphatic heterocycles. The Morgan fingerprint density at radius 3 is 2.78 bits per heavy atom. The molecule has 0 atom stereocenters. The number of nitrogens with zero attached hydrogens (tertiary/aromatic N) is 2. The fourth-order valence-corrected chi connectivity index (χ4v) is 3.46. The number of halogens is 1. The summed E-state index contributed by atoms with van der Waals surface area (Å²) in [5.74, 6) is -0.524. The van der Waals surface area contributed by atoms with E-state index in [4.69, 9.17) is 5.26 Å². The van der Waals surface area contributed by atoms with E-state index in [1.54, 1.807) is 12.3 Å². The second kappa shape index (κ2) is 5.48. The van der Waals surface area contributed by atoms with E-state index in [0.29, 0.717) is 29.0 Å². The van der Waals surface area contributed by atoms with Gasteiger partial charge in [0.15, 0.2) is 9.84 Å². The van der Waals surface area contributed by atoms with Crippen LogP contribution in [-0.2, 0) is 16.4 Å². The lowest BCUT2D eigenvalue weighted by molar-refractivity contribution is 0.601. The Labute approximate surface area is 133 Å². The zero-order chi connectivity index (χ0) is 16.6. The zero-order valence-corrected chi connectivity index (χ0v) is 13.0. The van der Waals surface area contributed by atoms with Crippen LogP contribution in [0.1, 0.15) is 16.7 Å². The molecular weight excluding hydrogens is 317 g/mol. The number of nitrogens with one attached hydrogen (secondary N) is 1. The number of hydrogen-bond acceptors (Lipinski definition) is 5. The van der Waals surface area contributed by atoms with Crippen molar-refractivity contribution in [2.24, 2.45) is 4.99 Å². The average molecular weight is 329 g/mol. The van der Waals surface area contributed by atoms with Gasteiger partial charge in [-0.1, -0.05) is 0 Å². The summed E-state index contributed by atoms with van der Waals surface area (Å²) in [7, 11) is -3.35. The number of nitriles is 1. The molecule has 2 aromatic carbocycles. The Kier molecular flexibility index (Phi) is 3.62. The number of fused-ring (bicyclic) bond motifs is 1. The molecule has 0 radical (unpaired) electrons. The van der Waals surface area contributed by atoms with Gasteiger partial charge in [0, 0.05) is 35.0 Å². The van der Waals surface area contributed by atoms with Crippen molar-refractivity contribution in [3.8, 4) is 6.07 Å². The summed E-state index contributed by atoms with van der Waals surface area (Å²) in [6, 6.07) is 8.94. The van der Waals surface area contributed by atoms with Crippen LogP contribution in [0.25, 0.3) is 0 Å². The second-order valence-electron chi connectivity index (χ2n) is 5.21. The minimum atomic E-state index is -3.35. The van der Waals surface area contributed by atoms with Crippen LogP contribution in [0.15, 0.2) is 40.2 Å². The molecule has 116 valence electrons. The summed E-state index contributed by atoms with van der Waals surface area (Å²) in [6.45, 7) is 0.292. The molecule has 0 aliphatic carbocycles. The van der Waals surface area contributed by atoms with Crippen LogP contribution in [-0.4, -0.2) is 20.9 Å². The predicted molar refractivity (Wildman–Crippen MR) is 85.2 cm³/mol. The molecule has 0 aromatic heterocycles. The normalized spacial score (nSPS) is 12.7. The lowest BCUT2D eigenvalue weighted by atomic mass is 10.1. The number of aliphatic imine (C=N–C) groups is 1.